The molecule has 0 atom stereocenters. The first-order valence-electron chi connectivity index (χ1n) is 8.72. The second-order valence-corrected chi connectivity index (χ2v) is 7.16. The van der Waals surface area contributed by atoms with Gasteiger partial charge < -0.3 is 9.80 Å². The van der Waals surface area contributed by atoms with Crippen LogP contribution in [0.4, 0.5) is 5.82 Å². The second kappa shape index (κ2) is 7.23. The highest BCUT2D eigenvalue weighted by Gasteiger charge is 2.23. The van der Waals surface area contributed by atoms with E-state index in [0.717, 1.165) is 38.4 Å². The summed E-state index contributed by atoms with van der Waals surface area (Å²) in [5, 5.41) is 1.22. The van der Waals surface area contributed by atoms with Crippen molar-refractivity contribution >= 4 is 33.3 Å². The number of aryl methyl sites for hydroxylation is 1. The molecule has 4 nitrogen and oxygen atoms in total. The van der Waals surface area contributed by atoms with Crippen LogP contribution in [-0.4, -0.2) is 41.4 Å². The Morgan fingerprint density at radius 1 is 0.960 bits per heavy atom. The lowest BCUT2D eigenvalue weighted by Gasteiger charge is -2.35. The number of hydrogen-bond donors (Lipinski definition) is 0. The molecule has 1 amide bonds. The molecule has 1 aliphatic rings. The van der Waals surface area contributed by atoms with Gasteiger partial charge in [0.25, 0.3) is 0 Å². The van der Waals surface area contributed by atoms with Crippen molar-refractivity contribution in [3.8, 4) is 0 Å². The van der Waals surface area contributed by atoms with Crippen LogP contribution in [0.15, 0.2) is 54.6 Å². The lowest BCUT2D eigenvalue weighted by molar-refractivity contribution is -0.131. The minimum absolute atomic E-state index is 0.256. The summed E-state index contributed by atoms with van der Waals surface area (Å²) in [6.07, 6.45) is 1.40. The number of nitrogens with zero attached hydrogens (tertiary/aromatic N) is 3. The van der Waals surface area contributed by atoms with Crippen molar-refractivity contribution in [2.45, 2.75) is 12.8 Å². The Morgan fingerprint density at radius 3 is 2.48 bits per heavy atom. The van der Waals surface area contributed by atoms with Gasteiger partial charge in [0.15, 0.2) is 0 Å². The normalized spacial score (nSPS) is 14.9. The van der Waals surface area contributed by atoms with Gasteiger partial charge in [0.1, 0.15) is 5.82 Å². The maximum absolute atomic E-state index is 12.5. The van der Waals surface area contributed by atoms with Gasteiger partial charge in [0.05, 0.1) is 4.70 Å². The third-order valence-electron chi connectivity index (χ3n) is 4.76. The Kier molecular flexibility index (Phi) is 4.65. The van der Waals surface area contributed by atoms with Crippen molar-refractivity contribution in [3.05, 3.63) is 60.2 Å². The Bertz CT molecular complexity index is 854. The van der Waals surface area contributed by atoms with Crippen LogP contribution < -0.4 is 4.90 Å². The highest BCUT2D eigenvalue weighted by Crippen LogP contribution is 2.29. The molecule has 3 aromatic rings. The predicted molar refractivity (Wildman–Crippen MR) is 103 cm³/mol. The largest absolute Gasteiger partial charge is 0.352 e. The van der Waals surface area contributed by atoms with E-state index in [1.165, 1.54) is 15.6 Å². The van der Waals surface area contributed by atoms with E-state index in [0.29, 0.717) is 6.42 Å². The molecule has 128 valence electrons. The third-order valence-corrected chi connectivity index (χ3v) is 5.58. The van der Waals surface area contributed by atoms with Gasteiger partial charge in [-0.3, -0.25) is 4.79 Å². The number of piperazine rings is 1. The molecule has 1 fully saturated rings. The molecular weight excluding hydrogens is 330 g/mol. The molecule has 0 saturated carbocycles. The smallest absolute Gasteiger partial charge is 0.223 e. The lowest BCUT2D eigenvalue weighted by Crippen LogP contribution is -2.49. The highest BCUT2D eigenvalue weighted by molar-refractivity contribution is 7.13. The number of fused-ring (bicyclic) bond motifs is 1. The van der Waals surface area contributed by atoms with E-state index in [1.54, 1.807) is 11.5 Å². The van der Waals surface area contributed by atoms with Gasteiger partial charge >= 0.3 is 0 Å². The summed E-state index contributed by atoms with van der Waals surface area (Å²) in [6.45, 7) is 3.26. The van der Waals surface area contributed by atoms with Gasteiger partial charge in [-0.05, 0) is 35.6 Å². The van der Waals surface area contributed by atoms with Crippen LogP contribution in [0, 0.1) is 0 Å². The number of amides is 1. The Balaban J connectivity index is 1.34. The fourth-order valence-corrected chi connectivity index (χ4v) is 4.12. The summed E-state index contributed by atoms with van der Waals surface area (Å²) >= 11 is 1.55. The van der Waals surface area contributed by atoms with E-state index >= 15 is 0 Å². The fourth-order valence-electron chi connectivity index (χ4n) is 3.32. The summed E-state index contributed by atoms with van der Waals surface area (Å²) < 4.78 is 5.85. The zero-order valence-corrected chi connectivity index (χ0v) is 14.9. The topological polar surface area (TPSA) is 36.4 Å². The third kappa shape index (κ3) is 3.51. The minimum Gasteiger partial charge on any atom is -0.352 e. The van der Waals surface area contributed by atoms with Gasteiger partial charge in [-0.1, -0.05) is 42.5 Å². The minimum atomic E-state index is 0.256. The van der Waals surface area contributed by atoms with E-state index in [9.17, 15) is 4.79 Å². The molecule has 0 spiro atoms. The summed E-state index contributed by atoms with van der Waals surface area (Å²) in [4.78, 5) is 16.8. The zero-order valence-electron chi connectivity index (χ0n) is 14.1. The molecular formula is C20H21N3OS. The molecule has 1 aromatic heterocycles. The molecule has 0 N–H and O–H groups in total. The molecule has 1 saturated heterocycles. The van der Waals surface area contributed by atoms with Crippen LogP contribution in [-0.2, 0) is 11.2 Å². The Labute approximate surface area is 151 Å². The van der Waals surface area contributed by atoms with E-state index in [1.807, 2.05) is 29.2 Å². The van der Waals surface area contributed by atoms with Crippen LogP contribution >= 0.6 is 11.5 Å². The molecule has 0 unspecified atom stereocenters. The zero-order chi connectivity index (χ0) is 17.1. The van der Waals surface area contributed by atoms with Crippen LogP contribution in [0.2, 0.25) is 0 Å². The van der Waals surface area contributed by atoms with E-state index in [-0.39, 0.29) is 5.91 Å². The summed E-state index contributed by atoms with van der Waals surface area (Å²) in [5.41, 5.74) is 1.23. The SMILES string of the molecule is O=C(CCc1ccccc1)N1CCN(c2nsc3ccccc23)CC1. The van der Waals surface area contributed by atoms with Crippen molar-refractivity contribution in [2.24, 2.45) is 0 Å². The Hall–Kier alpha value is -2.40. The molecule has 1 aliphatic heterocycles. The molecule has 0 aliphatic carbocycles. The molecule has 2 heterocycles. The van der Waals surface area contributed by atoms with Gasteiger partial charge in [-0.25, -0.2) is 0 Å². The van der Waals surface area contributed by atoms with E-state index in [2.05, 4.69) is 39.6 Å². The number of hydrogen-bond acceptors (Lipinski definition) is 4. The van der Waals surface area contributed by atoms with Crippen molar-refractivity contribution < 1.29 is 4.79 Å². The number of anilines is 1. The van der Waals surface area contributed by atoms with Crippen molar-refractivity contribution in [1.29, 1.82) is 0 Å². The first-order valence-corrected chi connectivity index (χ1v) is 9.50. The average molecular weight is 351 g/mol. The standard InChI is InChI=1S/C20H21N3OS/c24-19(11-10-16-6-2-1-3-7-16)22-12-14-23(15-13-22)20-17-8-4-5-9-18(17)25-21-20/h1-9H,10-15H2. The second-order valence-electron chi connectivity index (χ2n) is 6.36. The first kappa shape index (κ1) is 16.1. The van der Waals surface area contributed by atoms with Gasteiger partial charge in [-0.2, -0.15) is 4.37 Å². The monoisotopic (exact) mass is 351 g/mol. The van der Waals surface area contributed by atoms with Crippen molar-refractivity contribution in [1.82, 2.24) is 9.27 Å². The number of benzene rings is 2. The quantitative estimate of drug-likeness (QED) is 0.721. The number of carbonyl (C=O) groups is 1. The molecule has 2 aromatic carbocycles. The van der Waals surface area contributed by atoms with Crippen LogP contribution in [0.3, 0.4) is 0 Å². The maximum Gasteiger partial charge on any atom is 0.223 e. The van der Waals surface area contributed by atoms with Gasteiger partial charge in [0.2, 0.25) is 5.91 Å². The van der Waals surface area contributed by atoms with Crippen molar-refractivity contribution in [2.75, 3.05) is 31.1 Å². The fraction of sp³-hybridized carbons (Fsp3) is 0.300. The average Bonchev–Trinajstić information content (AvgIpc) is 3.11. The van der Waals surface area contributed by atoms with E-state index < -0.39 is 0 Å². The number of carbonyl (C=O) groups excluding carboxylic acids is 1. The Morgan fingerprint density at radius 2 is 1.68 bits per heavy atom. The van der Waals surface area contributed by atoms with E-state index in [4.69, 9.17) is 0 Å². The lowest BCUT2D eigenvalue weighted by atomic mass is 10.1. The maximum atomic E-state index is 12.5. The number of aromatic nitrogens is 1. The molecule has 4 rings (SSSR count). The van der Waals surface area contributed by atoms with Gasteiger partial charge in [0, 0.05) is 38.0 Å². The summed E-state index contributed by atoms with van der Waals surface area (Å²) in [6, 6.07) is 18.6. The molecule has 0 radical (unpaired) electrons. The summed E-state index contributed by atoms with van der Waals surface area (Å²) in [5.74, 6) is 1.32. The molecule has 25 heavy (non-hydrogen) atoms. The summed E-state index contributed by atoms with van der Waals surface area (Å²) in [7, 11) is 0. The van der Waals surface area contributed by atoms with Crippen molar-refractivity contribution in [3.63, 3.8) is 0 Å². The van der Waals surface area contributed by atoms with Gasteiger partial charge in [-0.15, -0.1) is 0 Å². The highest BCUT2D eigenvalue weighted by atomic mass is 32.1. The predicted octanol–water partition coefficient (Wildman–Crippen LogP) is 3.58. The van der Waals surface area contributed by atoms with Crippen LogP contribution in [0.5, 0.6) is 0 Å². The van der Waals surface area contributed by atoms with Crippen LogP contribution in [0.1, 0.15) is 12.0 Å². The molecule has 5 heteroatoms. The van der Waals surface area contributed by atoms with Crippen LogP contribution in [0.25, 0.3) is 10.1 Å². The molecule has 0 bridgehead atoms. The first-order chi connectivity index (χ1) is 12.3. The number of rotatable bonds is 4.